The van der Waals surface area contributed by atoms with E-state index in [1.165, 1.54) is 0 Å². The van der Waals surface area contributed by atoms with Gasteiger partial charge in [0.2, 0.25) is 0 Å². The Kier molecular flexibility index (Phi) is 6.08. The monoisotopic (exact) mass is 498 g/mol. The van der Waals surface area contributed by atoms with E-state index in [0.29, 0.717) is 19.3 Å². The van der Waals surface area contributed by atoms with Crippen LogP contribution in [0.2, 0.25) is 0 Å². The summed E-state index contributed by atoms with van der Waals surface area (Å²) in [5.74, 6) is -0.210. The molecular weight excluding hydrogens is 456 g/mol. The first kappa shape index (κ1) is 26.0. The molecule has 1 heterocycles. The highest BCUT2D eigenvalue weighted by Crippen LogP contribution is 2.69. The summed E-state index contributed by atoms with van der Waals surface area (Å²) >= 11 is 0. The normalized spacial score (nSPS) is 57.5. The van der Waals surface area contributed by atoms with Gasteiger partial charge in [0, 0.05) is 11.3 Å². The number of hydrogen-bond donors (Lipinski definition) is 7. The lowest BCUT2D eigenvalue weighted by Crippen LogP contribution is -2.61. The van der Waals surface area contributed by atoms with Crippen LogP contribution in [-0.4, -0.2) is 96.5 Å². The Morgan fingerprint density at radius 3 is 2.31 bits per heavy atom. The lowest BCUT2D eigenvalue weighted by atomic mass is 9.63. The standard InChI is InChI=1S/C26H42O9/c1-12-14-6-5-13-8-25(14,11-24(13,4)32)9-17(28)26(33)15(12)7-18(23(26,2)3)35-22-21(31)20(30)19(29)16(10-27)34-22/h13-22,27-33H,1,5-11H2,2-4H3/t13-,14+,15-,16-,17-,18+,19-,20+,21-,22+,24+,25+,26-/m0/s1. The molecule has 5 aliphatic rings. The Balaban J connectivity index is 1.44. The van der Waals surface area contributed by atoms with Crippen molar-refractivity contribution in [3.8, 4) is 0 Å². The maximum absolute atomic E-state index is 12.2. The largest absolute Gasteiger partial charge is 0.394 e. The van der Waals surface area contributed by atoms with Gasteiger partial charge in [-0.3, -0.25) is 0 Å². The molecule has 1 spiro atoms. The van der Waals surface area contributed by atoms with Crippen molar-refractivity contribution in [1.82, 2.24) is 0 Å². The van der Waals surface area contributed by atoms with E-state index in [-0.39, 0.29) is 17.3 Å². The smallest absolute Gasteiger partial charge is 0.186 e. The van der Waals surface area contributed by atoms with Crippen molar-refractivity contribution in [2.24, 2.45) is 28.6 Å². The lowest BCUT2D eigenvalue weighted by molar-refractivity contribution is -0.321. The number of rotatable bonds is 3. The van der Waals surface area contributed by atoms with Crippen LogP contribution in [0.5, 0.6) is 0 Å². The third-order valence-corrected chi connectivity index (χ3v) is 10.8. The first-order valence-corrected chi connectivity index (χ1v) is 13.0. The second-order valence-electron chi connectivity index (χ2n) is 12.9. The van der Waals surface area contributed by atoms with Gasteiger partial charge < -0.3 is 45.2 Å². The number of hydrogen-bond acceptors (Lipinski definition) is 9. The summed E-state index contributed by atoms with van der Waals surface area (Å²) in [5, 5.41) is 75.2. The third kappa shape index (κ3) is 3.47. The molecule has 13 atom stereocenters. The molecule has 5 rings (SSSR count). The highest BCUT2D eigenvalue weighted by atomic mass is 16.7. The Morgan fingerprint density at radius 2 is 1.66 bits per heavy atom. The van der Waals surface area contributed by atoms with Gasteiger partial charge in [-0.15, -0.1) is 0 Å². The van der Waals surface area contributed by atoms with Gasteiger partial charge in [0.15, 0.2) is 6.29 Å². The molecule has 0 unspecified atom stereocenters. The minimum Gasteiger partial charge on any atom is -0.394 e. The maximum atomic E-state index is 12.2. The zero-order valence-electron chi connectivity index (χ0n) is 20.9. The van der Waals surface area contributed by atoms with Crippen molar-refractivity contribution < 1.29 is 45.2 Å². The molecule has 4 saturated carbocycles. The lowest BCUT2D eigenvalue weighted by Gasteiger charge is -2.47. The molecule has 1 aliphatic heterocycles. The van der Waals surface area contributed by atoms with Crippen molar-refractivity contribution in [1.29, 1.82) is 0 Å². The molecule has 0 aromatic carbocycles. The van der Waals surface area contributed by atoms with E-state index >= 15 is 0 Å². The summed E-state index contributed by atoms with van der Waals surface area (Å²) in [5.41, 5.74) is -2.75. The second kappa shape index (κ2) is 8.19. The highest BCUT2D eigenvalue weighted by molar-refractivity contribution is 5.30. The van der Waals surface area contributed by atoms with Crippen LogP contribution in [0, 0.1) is 28.6 Å². The van der Waals surface area contributed by atoms with Crippen LogP contribution in [0.4, 0.5) is 0 Å². The van der Waals surface area contributed by atoms with Crippen molar-refractivity contribution in [3.05, 3.63) is 12.2 Å². The first-order chi connectivity index (χ1) is 16.2. The van der Waals surface area contributed by atoms with E-state index in [0.717, 1.165) is 24.8 Å². The minimum absolute atomic E-state index is 0.0724. The molecule has 1 saturated heterocycles. The summed E-state index contributed by atoms with van der Waals surface area (Å²) in [6.07, 6.45) is -4.90. The van der Waals surface area contributed by atoms with Gasteiger partial charge in [-0.1, -0.05) is 26.0 Å². The molecule has 9 heteroatoms. The molecule has 0 aromatic heterocycles. The molecule has 0 radical (unpaired) electrons. The van der Waals surface area contributed by atoms with Gasteiger partial charge in [0.05, 0.1) is 24.4 Å². The van der Waals surface area contributed by atoms with E-state index < -0.39 is 72.1 Å². The van der Waals surface area contributed by atoms with E-state index in [2.05, 4.69) is 6.58 Å². The minimum atomic E-state index is -1.56. The van der Waals surface area contributed by atoms with Gasteiger partial charge in [-0.2, -0.15) is 0 Å². The van der Waals surface area contributed by atoms with Crippen LogP contribution in [-0.2, 0) is 9.47 Å². The van der Waals surface area contributed by atoms with Gasteiger partial charge in [-0.25, -0.2) is 0 Å². The number of aliphatic hydroxyl groups excluding tert-OH is 5. The van der Waals surface area contributed by atoms with Crippen LogP contribution in [0.3, 0.4) is 0 Å². The molecule has 35 heavy (non-hydrogen) atoms. The van der Waals surface area contributed by atoms with E-state index in [4.69, 9.17) is 9.47 Å². The van der Waals surface area contributed by atoms with Crippen LogP contribution in [0.25, 0.3) is 0 Å². The molecule has 0 aromatic rings. The fourth-order valence-electron chi connectivity index (χ4n) is 8.71. The van der Waals surface area contributed by atoms with Gasteiger partial charge in [-0.05, 0) is 62.7 Å². The van der Waals surface area contributed by atoms with E-state index in [1.807, 2.05) is 20.8 Å². The van der Waals surface area contributed by atoms with Crippen LogP contribution in [0.15, 0.2) is 12.2 Å². The summed E-state index contributed by atoms with van der Waals surface area (Å²) in [4.78, 5) is 0. The van der Waals surface area contributed by atoms with E-state index in [9.17, 15) is 35.7 Å². The second-order valence-corrected chi connectivity index (χ2v) is 12.9. The molecule has 2 bridgehead atoms. The Morgan fingerprint density at radius 1 is 0.971 bits per heavy atom. The molecule has 4 aliphatic carbocycles. The summed E-state index contributed by atoms with van der Waals surface area (Å²) < 4.78 is 11.7. The molecule has 9 nitrogen and oxygen atoms in total. The molecule has 200 valence electrons. The quantitative estimate of drug-likeness (QED) is 0.262. The average molecular weight is 499 g/mol. The average Bonchev–Trinajstić information content (AvgIpc) is 3.08. The Labute approximate surface area is 206 Å². The number of fused-ring (bicyclic) bond motifs is 2. The predicted molar refractivity (Wildman–Crippen MR) is 124 cm³/mol. The Bertz CT molecular complexity index is 858. The fraction of sp³-hybridized carbons (Fsp3) is 0.923. The summed E-state index contributed by atoms with van der Waals surface area (Å²) in [6.45, 7) is 9.42. The third-order valence-electron chi connectivity index (χ3n) is 10.8. The first-order valence-electron chi connectivity index (χ1n) is 13.0. The predicted octanol–water partition coefficient (Wildman–Crippen LogP) is -0.173. The molecule has 5 fully saturated rings. The summed E-state index contributed by atoms with van der Waals surface area (Å²) in [6, 6.07) is 0. The zero-order valence-corrected chi connectivity index (χ0v) is 20.9. The highest BCUT2D eigenvalue weighted by Gasteiger charge is 2.70. The van der Waals surface area contributed by atoms with E-state index in [1.54, 1.807) is 0 Å². The van der Waals surface area contributed by atoms with Crippen LogP contribution < -0.4 is 0 Å². The SMILES string of the molecule is C=C1[C@H]2CC[C@H]3C[C@@]2(C[C@H](O)[C@@]2(O)[C@H]1C[C@@H](O[C@H]1O[C@@H](CO)[C@H](O)[C@@H](O)[C@@H]1O)C2(C)C)C[C@@]3(C)O. The molecular formula is C26H42O9. The van der Waals surface area contributed by atoms with Gasteiger partial charge in [0.1, 0.15) is 30.0 Å². The number of aliphatic hydroxyl groups is 7. The van der Waals surface area contributed by atoms with Crippen molar-refractivity contribution >= 4 is 0 Å². The van der Waals surface area contributed by atoms with Crippen molar-refractivity contribution in [3.63, 3.8) is 0 Å². The molecule has 0 amide bonds. The van der Waals surface area contributed by atoms with Gasteiger partial charge >= 0.3 is 0 Å². The van der Waals surface area contributed by atoms with Crippen LogP contribution >= 0.6 is 0 Å². The van der Waals surface area contributed by atoms with Gasteiger partial charge in [0.25, 0.3) is 0 Å². The topological polar surface area (TPSA) is 160 Å². The zero-order chi connectivity index (χ0) is 25.7. The number of ether oxygens (including phenoxy) is 2. The fourth-order valence-corrected chi connectivity index (χ4v) is 8.71. The van der Waals surface area contributed by atoms with Crippen LogP contribution in [0.1, 0.15) is 59.3 Å². The van der Waals surface area contributed by atoms with Crippen molar-refractivity contribution in [2.75, 3.05) is 6.61 Å². The van der Waals surface area contributed by atoms with Crippen molar-refractivity contribution in [2.45, 2.75) is 113 Å². The molecule has 7 N–H and O–H groups in total. The Hall–Kier alpha value is -0.620. The summed E-state index contributed by atoms with van der Waals surface area (Å²) in [7, 11) is 0. The maximum Gasteiger partial charge on any atom is 0.186 e.